The summed E-state index contributed by atoms with van der Waals surface area (Å²) in [6.45, 7) is 16.5. The van der Waals surface area contributed by atoms with Gasteiger partial charge in [0.2, 0.25) is 0 Å². The van der Waals surface area contributed by atoms with Gasteiger partial charge in [0, 0.05) is 57.9 Å². The third-order valence-electron chi connectivity index (χ3n) is 8.75. The lowest BCUT2D eigenvalue weighted by atomic mass is 9.81. The molecule has 472 valence electrons. The van der Waals surface area contributed by atoms with Gasteiger partial charge in [0.25, 0.3) is 5.92 Å². The van der Waals surface area contributed by atoms with Gasteiger partial charge in [0.05, 0.1) is 22.7 Å². The molecule has 2 aliphatic carbocycles. The number of halogens is 24. The Kier molecular flexibility index (Phi) is 22.0. The van der Waals surface area contributed by atoms with Crippen LogP contribution < -0.4 is 0 Å². The molecule has 0 amide bonds. The standard InChI is InChI=1S/C8H14F2.C7H13F.C6H8F6.3C6H11F3.C5H9F3.C4H7F3.2C2H6/c1-6-3-4-8(9,10)7(2)5-6;1-6-3-4-7(2,8)5-6;1-3-4(2,5(7,8)9)6(10,11)12;2*1-4-5(2,3)6(7,8)9;1-3-4-5(2)6(7,8)9;1-3-4(2)5(6,7)8;1-3(2)4(5,6)7;2*1-2/h6-7H,3-5H2,1-2H3;6H,3-5H2,1-2H3;3H2,1-2H3;2*4H2,1-3H3;5H,3-4H2,1-2H3;4H,3H2,1-2H3;3H,1-2H3;2*1-2H3/t2*6-,7?;;;;;;;;/m11......../s1/i3D2,4D2,5D2,6D,7D;3D2,4D2,5D2,6D;3D2;2D3,4D2;4D2;2*3D2;3D;;. The van der Waals surface area contributed by atoms with Crippen LogP contribution >= 0.6 is 0 Å². The lowest BCUT2D eigenvalue weighted by Gasteiger charge is -2.32. The Morgan fingerprint density at radius 1 is 0.539 bits per heavy atom. The van der Waals surface area contributed by atoms with E-state index < -0.39 is 190 Å². The normalized spacial score (nSPS) is 35.2. The van der Waals surface area contributed by atoms with Gasteiger partial charge >= 0.3 is 43.2 Å². The van der Waals surface area contributed by atoms with Crippen LogP contribution in [0.25, 0.3) is 0 Å². The maximum Gasteiger partial charge on any atom is 0.402 e. The summed E-state index contributed by atoms with van der Waals surface area (Å²) in [6, 6.07) is 0. The van der Waals surface area contributed by atoms with Gasteiger partial charge in [-0.1, -0.05) is 145 Å². The molecule has 7 atom stereocenters. The molecule has 2 rings (SSSR count). The van der Waals surface area contributed by atoms with Crippen molar-refractivity contribution in [1.82, 2.24) is 0 Å². The maximum atomic E-state index is 14.0. The van der Waals surface area contributed by atoms with Crippen LogP contribution in [0.4, 0.5) is 105 Å². The van der Waals surface area contributed by atoms with Crippen molar-refractivity contribution in [2.75, 3.05) is 0 Å². The minimum atomic E-state index is -5.68. The van der Waals surface area contributed by atoms with Gasteiger partial charge in [-0.2, -0.15) is 92.2 Å². The van der Waals surface area contributed by atoms with Gasteiger partial charge in [0.1, 0.15) is 5.67 Å². The first kappa shape index (κ1) is 44.0. The molecular weight excluding hydrogens is 1080 g/mol. The topological polar surface area (TPSA) is 0 Å². The summed E-state index contributed by atoms with van der Waals surface area (Å²) in [6.07, 6.45) is -66.3. The highest BCUT2D eigenvalue weighted by Gasteiger charge is 2.66. The summed E-state index contributed by atoms with van der Waals surface area (Å²) < 4.78 is 500. The average molecular weight is 1210 g/mol. The van der Waals surface area contributed by atoms with Gasteiger partial charge in [-0.05, 0) is 89.4 Å². The number of alkyl halides is 24. The fraction of sp³-hybridized carbons (Fsp3) is 1.00. The molecule has 0 aliphatic heterocycles. The Hall–Kier alpha value is -1.68. The third kappa shape index (κ3) is 42.2. The highest BCUT2D eigenvalue weighted by Crippen LogP contribution is 2.52. The fourth-order valence-corrected chi connectivity index (χ4v) is 2.60. The zero-order chi connectivity index (χ0) is 89.9. The van der Waals surface area contributed by atoms with Gasteiger partial charge < -0.3 is 0 Å². The van der Waals surface area contributed by atoms with Crippen LogP contribution in [0.3, 0.4) is 0 Å². The number of hydrogen-bond acceptors (Lipinski definition) is 0. The summed E-state index contributed by atoms with van der Waals surface area (Å²) in [5.74, 6) is -18.9. The number of hydrogen-bond donors (Lipinski definition) is 0. The molecule has 0 N–H and O–H groups in total. The van der Waals surface area contributed by atoms with E-state index in [0.717, 1.165) is 69.2 Å². The summed E-state index contributed by atoms with van der Waals surface area (Å²) >= 11 is 0. The quantitative estimate of drug-likeness (QED) is 0.233. The van der Waals surface area contributed by atoms with Crippen molar-refractivity contribution >= 4 is 0 Å². The molecule has 76 heavy (non-hydrogen) atoms. The molecule has 5 unspecified atom stereocenters. The lowest BCUT2D eigenvalue weighted by molar-refractivity contribution is -0.335. The molecule has 2 fully saturated rings. The van der Waals surface area contributed by atoms with Gasteiger partial charge in [-0.25, -0.2) is 13.2 Å². The van der Waals surface area contributed by atoms with Crippen molar-refractivity contribution in [2.24, 2.45) is 51.7 Å². The molecule has 0 bridgehead atoms. The van der Waals surface area contributed by atoms with E-state index in [1.54, 1.807) is 0 Å². The maximum absolute atomic E-state index is 14.0. The van der Waals surface area contributed by atoms with Crippen molar-refractivity contribution < 1.29 is 145 Å². The molecule has 0 aromatic heterocycles. The van der Waals surface area contributed by atoms with Crippen molar-refractivity contribution in [3.63, 3.8) is 0 Å². The highest BCUT2D eigenvalue weighted by atomic mass is 19.4. The minimum Gasteiger partial charge on any atom is -0.244 e. The van der Waals surface area contributed by atoms with Gasteiger partial charge in [0.15, 0.2) is 5.41 Å². The molecule has 0 nitrogen and oxygen atoms in total. The molecule has 2 saturated carbocycles. The second-order valence-electron chi connectivity index (χ2n) is 15.9. The number of rotatable bonds is 6. The predicted octanol–water partition coefficient (Wildman–Crippen LogP) is 24.9. The van der Waals surface area contributed by atoms with Gasteiger partial charge in [-0.3, -0.25) is 0 Å². The second kappa shape index (κ2) is 38.1. The second-order valence-corrected chi connectivity index (χ2v) is 15.9. The predicted molar refractivity (Wildman–Crippen MR) is 260 cm³/mol. The Labute approximate surface area is 481 Å². The van der Waals surface area contributed by atoms with Crippen LogP contribution in [0, 0.1) is 51.7 Å². The van der Waals surface area contributed by atoms with E-state index in [1.807, 2.05) is 27.7 Å². The lowest BCUT2D eigenvalue weighted by Crippen LogP contribution is -2.47. The van der Waals surface area contributed by atoms with E-state index in [9.17, 15) is 105 Å². The molecular formula is C52H96F24. The van der Waals surface area contributed by atoms with Crippen LogP contribution in [0.1, 0.15) is 269 Å². The third-order valence-corrected chi connectivity index (χ3v) is 8.75. The zero-order valence-corrected chi connectivity index (χ0v) is 45.9. The Morgan fingerprint density at radius 3 is 0.974 bits per heavy atom. The first-order valence-electron chi connectivity index (χ1n) is 36.3. The Bertz CT molecular complexity index is 2210. The van der Waals surface area contributed by atoms with Crippen LogP contribution in [0.2, 0.25) is 0 Å². The summed E-state index contributed by atoms with van der Waals surface area (Å²) in [5, 5.41) is 0. The molecule has 24 heteroatoms. The molecule has 0 saturated heterocycles. The first-order chi connectivity index (χ1) is 43.8. The van der Waals surface area contributed by atoms with E-state index >= 15 is 0 Å². The fourth-order valence-electron chi connectivity index (χ4n) is 2.60. The molecule has 0 aromatic rings. The van der Waals surface area contributed by atoms with Crippen molar-refractivity contribution in [3.8, 4) is 0 Å². The minimum absolute atomic E-state index is 0.188. The summed E-state index contributed by atoms with van der Waals surface area (Å²) in [5.41, 5.74) is -13.0. The van der Waals surface area contributed by atoms with Crippen LogP contribution in [-0.2, 0) is 0 Å². The van der Waals surface area contributed by atoms with E-state index in [4.69, 9.17) is 39.8 Å². The van der Waals surface area contributed by atoms with E-state index in [-0.39, 0.29) is 13.8 Å². The van der Waals surface area contributed by atoms with Gasteiger partial charge in [-0.15, -0.1) is 0 Å². The Morgan fingerprint density at radius 2 is 0.868 bits per heavy atom. The highest BCUT2D eigenvalue weighted by molar-refractivity contribution is 4.88. The average Bonchev–Trinajstić information content (AvgIpc) is 1.57. The first-order valence-corrected chi connectivity index (χ1v) is 21.8. The largest absolute Gasteiger partial charge is 0.402 e. The molecule has 0 radical (unpaired) electrons. The van der Waals surface area contributed by atoms with Crippen LogP contribution in [-0.4, -0.2) is 54.8 Å². The zero-order valence-electron chi connectivity index (χ0n) is 74.9. The molecule has 0 heterocycles. The van der Waals surface area contributed by atoms with Crippen LogP contribution in [0.15, 0.2) is 0 Å². The molecule has 2 aliphatic rings. The van der Waals surface area contributed by atoms with Crippen molar-refractivity contribution in [2.45, 2.75) is 284 Å². The monoisotopic (exact) mass is 1210 g/mol. The SMILES string of the molecule is CC.CC.[2H]C(C)(C)C(F)(F)F.[2H]C([2H])(C)C(C)(C(F)(F)F)C(F)(F)F.[2H]C([2H])(C)C(C)(C)C(F)(F)F.[2H]C([2H])(C)C(C)C(F)(F)F.[2H]C([2H])(C)CC(C)C(F)(F)F.[2H]C([2H])([2H])C(C)(C([2H])([2H])C)C(F)(F)F.[2H]C1([2H])C(C)(F)C([2H])([2H])[C@]([2H])(C)C1([2H])[2H].[2H]C1([2H])C(F)(F)C([2H])(C)C([2H])([2H])[C@]([2H])(C)C1([2H])[2H]. The van der Waals surface area contributed by atoms with Crippen molar-refractivity contribution in [1.29, 1.82) is 0 Å². The molecule has 0 spiro atoms. The van der Waals surface area contributed by atoms with Crippen LogP contribution in [0.5, 0.6) is 0 Å². The molecule has 0 aromatic carbocycles. The summed E-state index contributed by atoms with van der Waals surface area (Å²) in [7, 11) is 0. The Balaban J connectivity index is -0.000000171. The van der Waals surface area contributed by atoms with E-state index in [2.05, 4.69) is 0 Å². The smallest absolute Gasteiger partial charge is 0.244 e. The van der Waals surface area contributed by atoms with E-state index in [0.29, 0.717) is 34.6 Å². The van der Waals surface area contributed by atoms with E-state index in [1.165, 1.54) is 0 Å². The van der Waals surface area contributed by atoms with Crippen molar-refractivity contribution in [3.05, 3.63) is 0 Å². The summed E-state index contributed by atoms with van der Waals surface area (Å²) in [4.78, 5) is 0.